The molecular formula is C23H23BrClN3. The molecule has 3 nitrogen and oxygen atoms in total. The summed E-state index contributed by atoms with van der Waals surface area (Å²) in [5.41, 5.74) is 5.93. The molecule has 1 N–H and O–H groups in total. The van der Waals surface area contributed by atoms with Crippen LogP contribution >= 0.6 is 27.5 Å². The number of nitrogens with zero attached hydrogens (tertiary/aromatic N) is 2. The van der Waals surface area contributed by atoms with E-state index >= 15 is 0 Å². The number of nitrogens with one attached hydrogen (secondary N) is 1. The number of aryl methyl sites for hydroxylation is 1. The van der Waals surface area contributed by atoms with Crippen LogP contribution in [-0.2, 0) is 6.54 Å². The Morgan fingerprint density at radius 3 is 2.75 bits per heavy atom. The summed E-state index contributed by atoms with van der Waals surface area (Å²) >= 11 is 9.64. The van der Waals surface area contributed by atoms with Gasteiger partial charge in [0.15, 0.2) is 0 Å². The van der Waals surface area contributed by atoms with Crippen molar-refractivity contribution in [3.8, 4) is 5.69 Å². The lowest BCUT2D eigenvalue weighted by Gasteiger charge is -2.15. The fraction of sp³-hybridized carbons (Fsp3) is 0.261. The minimum absolute atomic E-state index is 0.358. The highest BCUT2D eigenvalue weighted by molar-refractivity contribution is 9.10. The van der Waals surface area contributed by atoms with Crippen molar-refractivity contribution in [2.75, 3.05) is 0 Å². The number of rotatable bonds is 5. The van der Waals surface area contributed by atoms with Crippen LogP contribution in [0.25, 0.3) is 5.69 Å². The van der Waals surface area contributed by atoms with E-state index in [4.69, 9.17) is 16.7 Å². The molecule has 0 amide bonds. The molecule has 0 spiro atoms. The summed E-state index contributed by atoms with van der Waals surface area (Å²) in [6.45, 7) is 5.09. The highest BCUT2D eigenvalue weighted by Gasteiger charge is 2.26. The molecule has 5 heteroatoms. The highest BCUT2D eigenvalue weighted by Crippen LogP contribution is 2.34. The normalized spacial score (nSPS) is 18.7. The molecule has 4 rings (SSSR count). The lowest BCUT2D eigenvalue weighted by atomic mass is 9.96. The Morgan fingerprint density at radius 1 is 1.14 bits per heavy atom. The van der Waals surface area contributed by atoms with E-state index in [1.807, 2.05) is 30.3 Å². The van der Waals surface area contributed by atoms with Crippen molar-refractivity contribution in [3.63, 3.8) is 0 Å². The SMILES string of the molecule is Cc1nn(-c2cccc(Br)c2)c(C)c1C1C=CC(NCc2cccc(Cl)c2)C1. The second-order valence-corrected chi connectivity index (χ2v) is 8.67. The molecule has 1 aliphatic rings. The Labute approximate surface area is 179 Å². The van der Waals surface area contributed by atoms with Gasteiger partial charge in [0.2, 0.25) is 0 Å². The van der Waals surface area contributed by atoms with Gasteiger partial charge in [-0.15, -0.1) is 0 Å². The van der Waals surface area contributed by atoms with Crippen molar-refractivity contribution >= 4 is 27.5 Å². The van der Waals surface area contributed by atoms with Gasteiger partial charge in [-0.1, -0.05) is 57.9 Å². The summed E-state index contributed by atoms with van der Waals surface area (Å²) in [6, 6.07) is 16.6. The van der Waals surface area contributed by atoms with Gasteiger partial charge in [-0.3, -0.25) is 0 Å². The molecule has 0 bridgehead atoms. The minimum atomic E-state index is 0.358. The standard InChI is InChI=1S/C23H23BrClN3/c1-15-23(16(2)28(27-15)22-8-4-6-19(24)13-22)18-9-10-21(12-18)26-14-17-5-3-7-20(25)11-17/h3-11,13,18,21,26H,12,14H2,1-2H3. The van der Waals surface area contributed by atoms with E-state index in [9.17, 15) is 0 Å². The van der Waals surface area contributed by atoms with E-state index in [2.05, 4.69) is 70.1 Å². The molecule has 1 aliphatic carbocycles. The third-order valence-corrected chi connectivity index (χ3v) is 6.04. The smallest absolute Gasteiger partial charge is 0.0660 e. The summed E-state index contributed by atoms with van der Waals surface area (Å²) in [5.74, 6) is 0.387. The van der Waals surface area contributed by atoms with Gasteiger partial charge in [-0.2, -0.15) is 5.10 Å². The van der Waals surface area contributed by atoms with Crippen LogP contribution in [0.2, 0.25) is 5.02 Å². The van der Waals surface area contributed by atoms with E-state index in [1.54, 1.807) is 0 Å². The van der Waals surface area contributed by atoms with Crippen molar-refractivity contribution in [1.29, 1.82) is 0 Å². The average molecular weight is 457 g/mol. The third-order valence-electron chi connectivity index (χ3n) is 5.31. The molecule has 2 atom stereocenters. The van der Waals surface area contributed by atoms with E-state index < -0.39 is 0 Å². The van der Waals surface area contributed by atoms with Crippen LogP contribution in [-0.4, -0.2) is 15.8 Å². The summed E-state index contributed by atoms with van der Waals surface area (Å²) < 4.78 is 3.11. The number of halogens is 2. The molecule has 1 aromatic heterocycles. The molecule has 2 aromatic carbocycles. The van der Waals surface area contributed by atoms with Crippen molar-refractivity contribution in [3.05, 3.63) is 92.7 Å². The molecule has 3 aromatic rings. The first kappa shape index (κ1) is 19.4. The number of aromatic nitrogens is 2. The van der Waals surface area contributed by atoms with Gasteiger partial charge in [-0.25, -0.2) is 4.68 Å². The zero-order valence-electron chi connectivity index (χ0n) is 16.0. The Balaban J connectivity index is 1.48. The zero-order valence-corrected chi connectivity index (χ0v) is 18.3. The second kappa shape index (κ2) is 8.24. The number of hydrogen-bond donors (Lipinski definition) is 1. The molecule has 0 radical (unpaired) electrons. The lowest BCUT2D eigenvalue weighted by Crippen LogP contribution is -2.25. The van der Waals surface area contributed by atoms with E-state index in [0.717, 1.165) is 33.8 Å². The van der Waals surface area contributed by atoms with Crippen molar-refractivity contribution in [1.82, 2.24) is 15.1 Å². The quantitative estimate of drug-likeness (QED) is 0.470. The molecule has 0 aliphatic heterocycles. The molecule has 2 unspecified atom stereocenters. The summed E-state index contributed by atoms with van der Waals surface area (Å²) in [5, 5.41) is 9.23. The van der Waals surface area contributed by atoms with Crippen LogP contribution in [0.5, 0.6) is 0 Å². The van der Waals surface area contributed by atoms with Crippen molar-refractivity contribution in [2.45, 2.75) is 38.8 Å². The van der Waals surface area contributed by atoms with Crippen molar-refractivity contribution < 1.29 is 0 Å². The van der Waals surface area contributed by atoms with E-state index in [0.29, 0.717) is 12.0 Å². The van der Waals surface area contributed by atoms with E-state index in [1.165, 1.54) is 16.8 Å². The Morgan fingerprint density at radius 2 is 1.96 bits per heavy atom. The first-order valence-corrected chi connectivity index (χ1v) is 10.7. The minimum Gasteiger partial charge on any atom is -0.306 e. The first-order chi connectivity index (χ1) is 13.5. The molecule has 0 saturated heterocycles. The molecule has 0 fully saturated rings. The highest BCUT2D eigenvalue weighted by atomic mass is 79.9. The van der Waals surface area contributed by atoms with Gasteiger partial charge < -0.3 is 5.32 Å². The Hall–Kier alpha value is -1.88. The maximum absolute atomic E-state index is 6.09. The monoisotopic (exact) mass is 455 g/mol. The Kier molecular flexibility index (Phi) is 5.72. The third kappa shape index (κ3) is 4.09. The predicted molar refractivity (Wildman–Crippen MR) is 119 cm³/mol. The number of allylic oxidation sites excluding steroid dienone is 1. The van der Waals surface area contributed by atoms with Gasteiger partial charge in [0.1, 0.15) is 0 Å². The second-order valence-electron chi connectivity index (χ2n) is 7.32. The van der Waals surface area contributed by atoms with Crippen LogP contribution in [0.1, 0.15) is 34.9 Å². The van der Waals surface area contributed by atoms with Crippen LogP contribution in [0.3, 0.4) is 0 Å². The first-order valence-electron chi connectivity index (χ1n) is 9.49. The molecule has 1 heterocycles. The molecule has 144 valence electrons. The number of hydrogen-bond acceptors (Lipinski definition) is 2. The fourth-order valence-corrected chi connectivity index (χ4v) is 4.61. The number of benzene rings is 2. The molecule has 28 heavy (non-hydrogen) atoms. The largest absolute Gasteiger partial charge is 0.306 e. The summed E-state index contributed by atoms with van der Waals surface area (Å²) in [7, 11) is 0. The van der Waals surface area contributed by atoms with Crippen LogP contribution in [0.4, 0.5) is 0 Å². The zero-order chi connectivity index (χ0) is 19.7. The lowest BCUT2D eigenvalue weighted by molar-refractivity contribution is 0.559. The van der Waals surface area contributed by atoms with Gasteiger partial charge in [-0.05, 0) is 56.2 Å². The van der Waals surface area contributed by atoms with Crippen molar-refractivity contribution in [2.24, 2.45) is 0 Å². The van der Waals surface area contributed by atoms with Gasteiger partial charge in [0.05, 0.1) is 11.4 Å². The maximum Gasteiger partial charge on any atom is 0.0660 e. The molecule has 0 saturated carbocycles. The Bertz CT molecular complexity index is 1020. The summed E-state index contributed by atoms with van der Waals surface area (Å²) in [6.07, 6.45) is 5.65. The van der Waals surface area contributed by atoms with Gasteiger partial charge >= 0.3 is 0 Å². The van der Waals surface area contributed by atoms with Crippen LogP contribution in [0, 0.1) is 13.8 Å². The van der Waals surface area contributed by atoms with Crippen LogP contribution in [0.15, 0.2) is 65.2 Å². The van der Waals surface area contributed by atoms with Crippen LogP contribution < -0.4 is 5.32 Å². The fourth-order valence-electron chi connectivity index (χ4n) is 4.01. The molecular weight excluding hydrogens is 434 g/mol. The summed E-state index contributed by atoms with van der Waals surface area (Å²) in [4.78, 5) is 0. The van der Waals surface area contributed by atoms with E-state index in [-0.39, 0.29) is 0 Å². The van der Waals surface area contributed by atoms with Gasteiger partial charge in [0.25, 0.3) is 0 Å². The maximum atomic E-state index is 6.09. The topological polar surface area (TPSA) is 29.9 Å². The average Bonchev–Trinajstić information content (AvgIpc) is 3.24. The predicted octanol–water partition coefficient (Wildman–Crippen LogP) is 6.11. The van der Waals surface area contributed by atoms with Gasteiger partial charge in [0, 0.05) is 39.3 Å².